The Bertz CT molecular complexity index is 939. The van der Waals surface area contributed by atoms with Gasteiger partial charge in [-0.1, -0.05) is 18.5 Å². The molecule has 180 valence electrons. The highest BCUT2D eigenvalue weighted by atomic mass is 16.6. The van der Waals surface area contributed by atoms with Gasteiger partial charge in [0, 0.05) is 19.2 Å². The van der Waals surface area contributed by atoms with Crippen molar-refractivity contribution in [2.45, 2.75) is 71.5 Å². The number of benzene rings is 1. The van der Waals surface area contributed by atoms with Crippen molar-refractivity contribution < 1.29 is 28.7 Å². The highest BCUT2D eigenvalue weighted by molar-refractivity contribution is 5.70. The Balaban J connectivity index is 1.68. The number of aliphatic carboxylic acids is 1. The van der Waals surface area contributed by atoms with Gasteiger partial charge in [-0.3, -0.25) is 4.79 Å². The SMILES string of the molecule is CCCCN(C)C(=O)OC(C)c1c(C)noc1-c1ccc(O[C@H]2CCC[C@H](C(=O)O)C2)cc1. The fourth-order valence-electron chi connectivity index (χ4n) is 4.20. The Labute approximate surface area is 194 Å². The first-order valence-corrected chi connectivity index (χ1v) is 11.7. The van der Waals surface area contributed by atoms with E-state index in [-0.39, 0.29) is 18.1 Å². The maximum atomic E-state index is 12.4. The molecule has 1 fully saturated rings. The van der Waals surface area contributed by atoms with Crippen molar-refractivity contribution in [3.8, 4) is 17.1 Å². The van der Waals surface area contributed by atoms with E-state index in [1.807, 2.05) is 38.1 Å². The molecule has 1 aliphatic carbocycles. The van der Waals surface area contributed by atoms with Gasteiger partial charge in [0.15, 0.2) is 5.76 Å². The fraction of sp³-hybridized carbons (Fsp3) is 0.560. The largest absolute Gasteiger partial charge is 0.490 e. The summed E-state index contributed by atoms with van der Waals surface area (Å²) in [7, 11) is 1.73. The van der Waals surface area contributed by atoms with Crippen LogP contribution in [0.1, 0.15) is 69.7 Å². The van der Waals surface area contributed by atoms with Gasteiger partial charge in [0.2, 0.25) is 0 Å². The van der Waals surface area contributed by atoms with Crippen LogP contribution in [-0.2, 0) is 9.53 Å². The Morgan fingerprint density at radius 3 is 2.67 bits per heavy atom. The zero-order valence-corrected chi connectivity index (χ0v) is 19.9. The normalized spacial score (nSPS) is 19.0. The van der Waals surface area contributed by atoms with Crippen LogP contribution in [0.5, 0.6) is 5.75 Å². The molecule has 0 aliphatic heterocycles. The first-order chi connectivity index (χ1) is 15.8. The molecule has 1 unspecified atom stereocenters. The maximum absolute atomic E-state index is 12.4. The molecule has 0 spiro atoms. The van der Waals surface area contributed by atoms with E-state index in [0.717, 1.165) is 36.8 Å². The lowest BCUT2D eigenvalue weighted by molar-refractivity contribution is -0.143. The van der Waals surface area contributed by atoms with Crippen LogP contribution in [0.4, 0.5) is 4.79 Å². The van der Waals surface area contributed by atoms with E-state index in [4.69, 9.17) is 14.0 Å². The second-order valence-electron chi connectivity index (χ2n) is 8.78. The van der Waals surface area contributed by atoms with Crippen LogP contribution in [0.2, 0.25) is 0 Å². The predicted molar refractivity (Wildman–Crippen MR) is 123 cm³/mol. The number of hydrogen-bond acceptors (Lipinski definition) is 6. The second-order valence-corrected chi connectivity index (χ2v) is 8.78. The van der Waals surface area contributed by atoms with E-state index >= 15 is 0 Å². The van der Waals surface area contributed by atoms with Crippen LogP contribution in [0.25, 0.3) is 11.3 Å². The third-order valence-electron chi connectivity index (χ3n) is 6.15. The number of ether oxygens (including phenoxy) is 2. The molecule has 8 nitrogen and oxygen atoms in total. The molecule has 3 rings (SSSR count). The summed E-state index contributed by atoms with van der Waals surface area (Å²) < 4.78 is 17.3. The minimum absolute atomic E-state index is 0.0992. The van der Waals surface area contributed by atoms with Crippen molar-refractivity contribution in [3.63, 3.8) is 0 Å². The van der Waals surface area contributed by atoms with E-state index < -0.39 is 12.1 Å². The number of carboxylic acids is 1. The van der Waals surface area contributed by atoms with Gasteiger partial charge in [-0.25, -0.2) is 4.79 Å². The van der Waals surface area contributed by atoms with Gasteiger partial charge in [-0.15, -0.1) is 0 Å². The smallest absolute Gasteiger partial charge is 0.410 e. The Morgan fingerprint density at radius 1 is 1.27 bits per heavy atom. The van der Waals surface area contributed by atoms with Gasteiger partial charge in [0.05, 0.1) is 23.3 Å². The third-order valence-corrected chi connectivity index (χ3v) is 6.15. The number of nitrogens with zero attached hydrogens (tertiary/aromatic N) is 2. The van der Waals surface area contributed by atoms with E-state index in [0.29, 0.717) is 36.6 Å². The van der Waals surface area contributed by atoms with E-state index in [9.17, 15) is 14.7 Å². The summed E-state index contributed by atoms with van der Waals surface area (Å²) in [5.74, 6) is 0.148. The molecule has 0 radical (unpaired) electrons. The molecule has 0 saturated heterocycles. The summed E-state index contributed by atoms with van der Waals surface area (Å²) in [6.45, 7) is 6.36. The molecule has 2 aromatic rings. The lowest BCUT2D eigenvalue weighted by Gasteiger charge is -2.27. The molecule has 8 heteroatoms. The van der Waals surface area contributed by atoms with Crippen LogP contribution in [-0.4, -0.2) is 46.9 Å². The fourth-order valence-corrected chi connectivity index (χ4v) is 4.20. The van der Waals surface area contributed by atoms with Gasteiger partial charge in [-0.2, -0.15) is 0 Å². The molecule has 1 aromatic carbocycles. The molecule has 1 N–H and O–H groups in total. The minimum Gasteiger partial charge on any atom is -0.490 e. The molecule has 33 heavy (non-hydrogen) atoms. The summed E-state index contributed by atoms with van der Waals surface area (Å²) in [6, 6.07) is 7.43. The molecule has 1 saturated carbocycles. The maximum Gasteiger partial charge on any atom is 0.410 e. The number of carbonyl (C=O) groups excluding carboxylic acids is 1. The van der Waals surface area contributed by atoms with Crippen LogP contribution in [0, 0.1) is 12.8 Å². The van der Waals surface area contributed by atoms with E-state index in [1.165, 1.54) is 0 Å². The lowest BCUT2D eigenvalue weighted by atomic mass is 9.87. The van der Waals surface area contributed by atoms with Crippen LogP contribution < -0.4 is 4.74 Å². The van der Waals surface area contributed by atoms with Gasteiger partial charge in [-0.05, 0) is 70.2 Å². The Morgan fingerprint density at radius 2 is 2.00 bits per heavy atom. The summed E-state index contributed by atoms with van der Waals surface area (Å²) in [5, 5.41) is 13.4. The number of carbonyl (C=O) groups is 2. The monoisotopic (exact) mass is 458 g/mol. The number of hydrogen-bond donors (Lipinski definition) is 1. The predicted octanol–water partition coefficient (Wildman–Crippen LogP) is 5.60. The van der Waals surface area contributed by atoms with Crippen molar-refractivity contribution in [2.24, 2.45) is 5.92 Å². The van der Waals surface area contributed by atoms with Crippen LogP contribution in [0.3, 0.4) is 0 Å². The Hall–Kier alpha value is -3.03. The van der Waals surface area contributed by atoms with Crippen molar-refractivity contribution in [2.75, 3.05) is 13.6 Å². The minimum atomic E-state index is -0.752. The average molecular weight is 459 g/mol. The molecular weight excluding hydrogens is 424 g/mol. The number of unbranched alkanes of at least 4 members (excludes halogenated alkanes) is 1. The molecule has 1 heterocycles. The summed E-state index contributed by atoms with van der Waals surface area (Å²) in [4.78, 5) is 25.3. The van der Waals surface area contributed by atoms with Gasteiger partial charge in [0.1, 0.15) is 11.9 Å². The second kappa shape index (κ2) is 11.2. The highest BCUT2D eigenvalue weighted by Crippen LogP contribution is 2.34. The van der Waals surface area contributed by atoms with Gasteiger partial charge in [0.25, 0.3) is 0 Å². The van der Waals surface area contributed by atoms with Crippen LogP contribution >= 0.6 is 0 Å². The van der Waals surface area contributed by atoms with Crippen molar-refractivity contribution >= 4 is 12.1 Å². The molecule has 0 bridgehead atoms. The van der Waals surface area contributed by atoms with E-state index in [1.54, 1.807) is 11.9 Å². The molecular formula is C25H34N2O6. The lowest BCUT2D eigenvalue weighted by Crippen LogP contribution is -2.29. The van der Waals surface area contributed by atoms with Gasteiger partial charge < -0.3 is 24.0 Å². The van der Waals surface area contributed by atoms with Crippen molar-refractivity contribution in [1.29, 1.82) is 0 Å². The highest BCUT2D eigenvalue weighted by Gasteiger charge is 2.28. The molecule has 1 aromatic heterocycles. The quantitative estimate of drug-likeness (QED) is 0.521. The first-order valence-electron chi connectivity index (χ1n) is 11.7. The zero-order valence-electron chi connectivity index (χ0n) is 19.9. The number of aryl methyl sites for hydroxylation is 1. The number of carboxylic acid groups (broad SMARTS) is 1. The topological polar surface area (TPSA) is 102 Å². The summed E-state index contributed by atoms with van der Waals surface area (Å²) in [5.41, 5.74) is 2.20. The summed E-state index contributed by atoms with van der Waals surface area (Å²) in [6.07, 6.45) is 3.87. The standard InChI is InChI=1S/C25H34N2O6/c1-5-6-14-27(4)25(30)31-17(3)22-16(2)26-33-23(22)18-10-12-20(13-11-18)32-21-9-7-8-19(15-21)24(28)29/h10-13,17,19,21H,5-9,14-15H2,1-4H3,(H,28,29)/t17?,19-,21-/m0/s1. The molecule has 1 aliphatic rings. The zero-order chi connectivity index (χ0) is 24.0. The number of amides is 1. The first kappa shape index (κ1) is 24.6. The number of aromatic nitrogens is 1. The molecule has 3 atom stereocenters. The van der Waals surface area contributed by atoms with E-state index in [2.05, 4.69) is 12.1 Å². The third kappa shape index (κ3) is 6.27. The van der Waals surface area contributed by atoms with Crippen molar-refractivity contribution in [1.82, 2.24) is 10.1 Å². The van der Waals surface area contributed by atoms with Crippen LogP contribution in [0.15, 0.2) is 28.8 Å². The van der Waals surface area contributed by atoms with Gasteiger partial charge >= 0.3 is 12.1 Å². The Kier molecular flexibility index (Phi) is 8.36. The molecule has 1 amide bonds. The van der Waals surface area contributed by atoms with Crippen molar-refractivity contribution in [3.05, 3.63) is 35.5 Å². The average Bonchev–Trinajstić information content (AvgIpc) is 3.19. The number of rotatable bonds is 9. The summed E-state index contributed by atoms with van der Waals surface area (Å²) >= 11 is 0.